The van der Waals surface area contributed by atoms with Crippen molar-refractivity contribution in [2.45, 2.75) is 0 Å². The monoisotopic (exact) mass is 451 g/mol. The fraction of sp³-hybridized carbons (Fsp3) is 0. The summed E-state index contributed by atoms with van der Waals surface area (Å²) in [5.74, 6) is 6.01. The second kappa shape index (κ2) is 7.97. The van der Waals surface area contributed by atoms with Gasteiger partial charge in [-0.3, -0.25) is 0 Å². The van der Waals surface area contributed by atoms with E-state index in [1.54, 1.807) is 18.3 Å². The van der Waals surface area contributed by atoms with Crippen molar-refractivity contribution in [1.29, 1.82) is 0 Å². The Morgan fingerprint density at radius 1 is 0.964 bits per heavy atom. The molecule has 136 valence electrons. The molecule has 0 saturated heterocycles. The number of halogens is 3. The molecule has 0 atom stereocenters. The molecular weight excluding hydrogens is 441 g/mol. The maximum atomic E-state index is 14.2. The summed E-state index contributed by atoms with van der Waals surface area (Å²) in [5.41, 5.74) is 3.19. The summed E-state index contributed by atoms with van der Waals surface area (Å²) in [7, 11) is 0. The third kappa shape index (κ3) is 3.84. The molecule has 0 radical (unpaired) electrons. The van der Waals surface area contributed by atoms with Crippen molar-refractivity contribution in [3.05, 3.63) is 93.6 Å². The molecule has 3 nitrogen and oxygen atoms in total. The SMILES string of the molecule is Fc1cccc(Cl)c1-c1nc(-c2ccc(C#Cc3ccccc3)nc2)c(Br)[nH]1. The average Bonchev–Trinajstić information content (AvgIpc) is 3.08. The van der Waals surface area contributed by atoms with Crippen LogP contribution in [-0.4, -0.2) is 15.0 Å². The Bertz CT molecular complexity index is 1170. The number of pyridine rings is 1. The highest BCUT2D eigenvalue weighted by molar-refractivity contribution is 9.10. The van der Waals surface area contributed by atoms with E-state index in [1.807, 2.05) is 42.5 Å². The van der Waals surface area contributed by atoms with Crippen molar-refractivity contribution in [3.8, 4) is 34.5 Å². The van der Waals surface area contributed by atoms with Gasteiger partial charge in [0.2, 0.25) is 0 Å². The highest BCUT2D eigenvalue weighted by atomic mass is 79.9. The molecule has 0 aliphatic heterocycles. The van der Waals surface area contributed by atoms with Crippen LogP contribution in [0.25, 0.3) is 22.6 Å². The van der Waals surface area contributed by atoms with E-state index in [0.29, 0.717) is 21.8 Å². The molecule has 4 rings (SSSR count). The molecule has 0 aliphatic carbocycles. The summed E-state index contributed by atoms with van der Waals surface area (Å²) in [6.45, 7) is 0. The number of benzene rings is 2. The number of aromatic nitrogens is 3. The first kappa shape index (κ1) is 18.4. The van der Waals surface area contributed by atoms with Crippen LogP contribution in [0.4, 0.5) is 4.39 Å². The standard InChI is InChI=1S/C22H12BrClFN3/c23-21-20(27-22(28-21)19-17(24)7-4-8-18(19)25)15-10-12-16(26-13-15)11-9-14-5-2-1-3-6-14/h1-8,10,12-13H,(H,27,28). The average molecular weight is 453 g/mol. The quantitative estimate of drug-likeness (QED) is 0.374. The first-order valence-electron chi connectivity index (χ1n) is 8.35. The zero-order chi connectivity index (χ0) is 19.5. The number of imidazole rings is 1. The lowest BCUT2D eigenvalue weighted by molar-refractivity contribution is 0.630. The van der Waals surface area contributed by atoms with Gasteiger partial charge in [0.05, 0.1) is 10.6 Å². The van der Waals surface area contributed by atoms with Gasteiger partial charge in [-0.05, 0) is 58.2 Å². The van der Waals surface area contributed by atoms with Gasteiger partial charge in [0, 0.05) is 17.3 Å². The summed E-state index contributed by atoms with van der Waals surface area (Å²) >= 11 is 9.58. The lowest BCUT2D eigenvalue weighted by Gasteiger charge is -2.01. The zero-order valence-corrected chi connectivity index (χ0v) is 16.7. The Balaban J connectivity index is 1.64. The predicted octanol–water partition coefficient (Wildman–Crippen LogP) is 6.09. The molecule has 0 amide bonds. The van der Waals surface area contributed by atoms with Crippen LogP contribution in [0.1, 0.15) is 11.3 Å². The lowest BCUT2D eigenvalue weighted by atomic mass is 10.2. The number of nitrogens with one attached hydrogen (secondary N) is 1. The molecule has 0 fully saturated rings. The van der Waals surface area contributed by atoms with Crippen molar-refractivity contribution >= 4 is 27.5 Å². The number of aromatic amines is 1. The fourth-order valence-corrected chi connectivity index (χ4v) is 3.41. The maximum absolute atomic E-state index is 14.2. The van der Waals surface area contributed by atoms with Gasteiger partial charge in [-0.25, -0.2) is 14.4 Å². The van der Waals surface area contributed by atoms with Crippen LogP contribution in [0.15, 0.2) is 71.5 Å². The molecule has 2 aromatic carbocycles. The van der Waals surface area contributed by atoms with Gasteiger partial charge >= 0.3 is 0 Å². The highest BCUT2D eigenvalue weighted by Gasteiger charge is 2.17. The number of H-pyrrole nitrogens is 1. The van der Waals surface area contributed by atoms with Crippen molar-refractivity contribution < 1.29 is 4.39 Å². The van der Waals surface area contributed by atoms with E-state index in [4.69, 9.17) is 11.6 Å². The third-order valence-corrected chi connectivity index (χ3v) is 4.89. The van der Waals surface area contributed by atoms with Crippen molar-refractivity contribution in [2.24, 2.45) is 0 Å². The Morgan fingerprint density at radius 3 is 2.50 bits per heavy atom. The predicted molar refractivity (Wildman–Crippen MR) is 112 cm³/mol. The van der Waals surface area contributed by atoms with Gasteiger partial charge in [-0.15, -0.1) is 0 Å². The molecule has 2 aromatic heterocycles. The van der Waals surface area contributed by atoms with Crippen LogP contribution in [0, 0.1) is 17.7 Å². The van der Waals surface area contributed by atoms with Crippen molar-refractivity contribution in [1.82, 2.24) is 15.0 Å². The molecular formula is C22H12BrClFN3. The second-order valence-corrected chi connectivity index (χ2v) is 7.09. The zero-order valence-electron chi connectivity index (χ0n) is 14.4. The summed E-state index contributed by atoms with van der Waals surface area (Å²) < 4.78 is 14.8. The Hall–Kier alpha value is -2.94. The first-order chi connectivity index (χ1) is 13.6. The van der Waals surface area contributed by atoms with Crippen molar-refractivity contribution in [3.63, 3.8) is 0 Å². The van der Waals surface area contributed by atoms with Gasteiger partial charge in [0.1, 0.15) is 27.6 Å². The Labute approximate surface area is 174 Å². The molecule has 0 spiro atoms. The summed E-state index contributed by atoms with van der Waals surface area (Å²) in [4.78, 5) is 11.9. The topological polar surface area (TPSA) is 41.6 Å². The molecule has 0 saturated carbocycles. The Kier molecular flexibility index (Phi) is 5.25. The lowest BCUT2D eigenvalue weighted by Crippen LogP contribution is -1.88. The van der Waals surface area contributed by atoms with E-state index >= 15 is 0 Å². The van der Waals surface area contributed by atoms with E-state index in [0.717, 1.165) is 11.1 Å². The van der Waals surface area contributed by atoms with Gasteiger partial charge in [-0.1, -0.05) is 41.8 Å². The molecule has 2 heterocycles. The highest BCUT2D eigenvalue weighted by Crippen LogP contribution is 2.33. The molecule has 6 heteroatoms. The van der Waals surface area contributed by atoms with Gasteiger partial charge in [0.15, 0.2) is 0 Å². The van der Waals surface area contributed by atoms with Gasteiger partial charge in [-0.2, -0.15) is 0 Å². The molecule has 0 aliphatic rings. The summed E-state index contributed by atoms with van der Waals surface area (Å²) in [6.07, 6.45) is 1.68. The van der Waals surface area contributed by atoms with Crippen LogP contribution >= 0.6 is 27.5 Å². The summed E-state index contributed by atoms with van der Waals surface area (Å²) in [6, 6.07) is 17.9. The van der Waals surface area contributed by atoms with Gasteiger partial charge in [0.25, 0.3) is 0 Å². The van der Waals surface area contributed by atoms with Crippen LogP contribution in [0.5, 0.6) is 0 Å². The van der Waals surface area contributed by atoms with E-state index in [2.05, 4.69) is 42.7 Å². The molecule has 0 unspecified atom stereocenters. The van der Waals surface area contributed by atoms with E-state index < -0.39 is 5.82 Å². The molecule has 1 N–H and O–H groups in total. The Morgan fingerprint density at radius 2 is 1.79 bits per heavy atom. The van der Waals surface area contributed by atoms with E-state index in [-0.39, 0.29) is 10.6 Å². The number of nitrogens with zero attached hydrogens (tertiary/aromatic N) is 2. The van der Waals surface area contributed by atoms with Crippen LogP contribution in [0.3, 0.4) is 0 Å². The smallest absolute Gasteiger partial charge is 0.143 e. The van der Waals surface area contributed by atoms with Gasteiger partial charge < -0.3 is 4.98 Å². The molecule has 4 aromatic rings. The molecule has 28 heavy (non-hydrogen) atoms. The second-order valence-electron chi connectivity index (χ2n) is 5.89. The van der Waals surface area contributed by atoms with Crippen molar-refractivity contribution in [2.75, 3.05) is 0 Å². The molecule has 0 bridgehead atoms. The number of rotatable bonds is 2. The minimum absolute atomic E-state index is 0.231. The van der Waals surface area contributed by atoms with Crippen LogP contribution in [0.2, 0.25) is 5.02 Å². The minimum atomic E-state index is -0.440. The van der Waals surface area contributed by atoms with E-state index in [9.17, 15) is 4.39 Å². The normalized spacial score (nSPS) is 10.4. The van der Waals surface area contributed by atoms with Crippen LogP contribution < -0.4 is 0 Å². The maximum Gasteiger partial charge on any atom is 0.143 e. The van der Waals surface area contributed by atoms with E-state index in [1.165, 1.54) is 6.07 Å². The van der Waals surface area contributed by atoms with Crippen LogP contribution in [-0.2, 0) is 0 Å². The third-order valence-electron chi connectivity index (χ3n) is 4.00. The summed E-state index contributed by atoms with van der Waals surface area (Å²) in [5, 5.41) is 0.289. The minimum Gasteiger partial charge on any atom is -0.332 e. The number of hydrogen-bond acceptors (Lipinski definition) is 2. The number of hydrogen-bond donors (Lipinski definition) is 1. The first-order valence-corrected chi connectivity index (χ1v) is 9.52. The largest absolute Gasteiger partial charge is 0.332 e. The fourth-order valence-electron chi connectivity index (χ4n) is 2.65.